The first-order chi connectivity index (χ1) is 12.5. The Morgan fingerprint density at radius 2 is 1.96 bits per heavy atom. The first kappa shape index (κ1) is 18.8. The topological polar surface area (TPSA) is 84.5 Å². The van der Waals surface area contributed by atoms with Crippen LogP contribution in [0, 0.1) is 0 Å². The number of nitrogens with one attached hydrogen (secondary N) is 2. The van der Waals surface area contributed by atoms with Crippen molar-refractivity contribution in [3.05, 3.63) is 48.0 Å². The molecule has 1 aliphatic heterocycles. The summed E-state index contributed by atoms with van der Waals surface area (Å²) in [6.07, 6.45) is 0.414. The van der Waals surface area contributed by atoms with Crippen LogP contribution in [0.3, 0.4) is 0 Å². The molecule has 2 aromatic rings. The van der Waals surface area contributed by atoms with Crippen molar-refractivity contribution in [2.24, 2.45) is 0 Å². The number of benzene rings is 2. The van der Waals surface area contributed by atoms with Gasteiger partial charge in [-0.25, -0.2) is 13.1 Å². The van der Waals surface area contributed by atoms with E-state index in [2.05, 4.69) is 10.0 Å². The maximum Gasteiger partial charge on any atom is 0.240 e. The summed E-state index contributed by atoms with van der Waals surface area (Å²) in [7, 11) is -3.68. The van der Waals surface area contributed by atoms with Crippen LogP contribution >= 0.6 is 11.8 Å². The third-order valence-electron chi connectivity index (χ3n) is 3.82. The Bertz CT molecular complexity index is 896. The summed E-state index contributed by atoms with van der Waals surface area (Å²) in [5.41, 5.74) is 1.37. The van der Waals surface area contributed by atoms with Gasteiger partial charge in [-0.2, -0.15) is 0 Å². The van der Waals surface area contributed by atoms with Crippen LogP contribution < -0.4 is 14.8 Å². The molecule has 0 atom stereocenters. The summed E-state index contributed by atoms with van der Waals surface area (Å²) in [5.74, 6) is 1.33. The van der Waals surface area contributed by atoms with Gasteiger partial charge in [0.05, 0.1) is 17.2 Å². The van der Waals surface area contributed by atoms with Gasteiger partial charge in [-0.1, -0.05) is 12.1 Å². The van der Waals surface area contributed by atoms with Gasteiger partial charge in [0.1, 0.15) is 5.75 Å². The van der Waals surface area contributed by atoms with Gasteiger partial charge in [-0.15, -0.1) is 11.8 Å². The smallest absolute Gasteiger partial charge is 0.240 e. The van der Waals surface area contributed by atoms with Crippen LogP contribution in [0.2, 0.25) is 0 Å². The number of fused-ring (bicyclic) bond motifs is 1. The number of ether oxygens (including phenoxy) is 1. The van der Waals surface area contributed by atoms with Crippen molar-refractivity contribution >= 4 is 33.4 Å². The van der Waals surface area contributed by atoms with Crippen LogP contribution in [-0.2, 0) is 21.4 Å². The van der Waals surface area contributed by atoms with Crippen molar-refractivity contribution < 1.29 is 17.9 Å². The van der Waals surface area contributed by atoms with Crippen LogP contribution in [-0.4, -0.2) is 26.7 Å². The van der Waals surface area contributed by atoms with Crippen LogP contribution in [0.4, 0.5) is 5.69 Å². The van der Waals surface area contributed by atoms with Crippen molar-refractivity contribution in [3.8, 4) is 5.75 Å². The van der Waals surface area contributed by atoms with Crippen molar-refractivity contribution in [1.82, 2.24) is 4.72 Å². The normalized spacial score (nSPS) is 14.3. The lowest BCUT2D eigenvalue weighted by Crippen LogP contribution is -2.23. The highest BCUT2D eigenvalue weighted by Gasteiger charge is 2.19. The quantitative estimate of drug-likeness (QED) is 0.789. The van der Waals surface area contributed by atoms with Crippen molar-refractivity contribution in [1.29, 1.82) is 0 Å². The van der Waals surface area contributed by atoms with E-state index in [0.29, 0.717) is 24.5 Å². The van der Waals surface area contributed by atoms with E-state index < -0.39 is 10.0 Å². The molecule has 0 saturated heterocycles. The minimum atomic E-state index is -3.68. The molecule has 8 heteroatoms. The zero-order valence-electron chi connectivity index (χ0n) is 14.3. The summed E-state index contributed by atoms with van der Waals surface area (Å²) >= 11 is 1.54. The Balaban J connectivity index is 1.72. The average Bonchev–Trinajstić information content (AvgIpc) is 2.81. The standard InChI is InChI=1S/C18H20N2O4S2/c1-2-24-14-5-3-13(4-6-14)12-19-26(22,23)15-7-8-17-16(11-15)20-18(21)9-10-25-17/h3-8,11,19H,2,9-10,12H2,1H3,(H,20,21). The maximum atomic E-state index is 12.6. The van der Waals surface area contributed by atoms with E-state index in [0.717, 1.165) is 16.2 Å². The first-order valence-corrected chi connectivity index (χ1v) is 10.7. The number of carbonyl (C=O) groups is 1. The molecule has 1 amide bonds. The average molecular weight is 393 g/mol. The lowest BCUT2D eigenvalue weighted by molar-refractivity contribution is -0.115. The van der Waals surface area contributed by atoms with Gasteiger partial charge >= 0.3 is 0 Å². The fraction of sp³-hybridized carbons (Fsp3) is 0.278. The monoisotopic (exact) mass is 392 g/mol. The van der Waals surface area contributed by atoms with Crippen molar-refractivity contribution in [3.63, 3.8) is 0 Å². The van der Waals surface area contributed by atoms with E-state index in [1.54, 1.807) is 12.1 Å². The van der Waals surface area contributed by atoms with Crippen LogP contribution in [0.15, 0.2) is 52.3 Å². The van der Waals surface area contributed by atoms with E-state index in [-0.39, 0.29) is 17.3 Å². The first-order valence-electron chi connectivity index (χ1n) is 8.26. The minimum Gasteiger partial charge on any atom is -0.494 e. The predicted molar refractivity (Wildman–Crippen MR) is 102 cm³/mol. The summed E-state index contributed by atoms with van der Waals surface area (Å²) in [5, 5.41) is 2.76. The van der Waals surface area contributed by atoms with Gasteiger partial charge in [-0.05, 0) is 42.8 Å². The van der Waals surface area contributed by atoms with Crippen molar-refractivity contribution in [2.75, 3.05) is 17.7 Å². The second kappa shape index (κ2) is 8.11. The number of amides is 1. The minimum absolute atomic E-state index is 0.104. The number of thioether (sulfide) groups is 1. The molecule has 0 unspecified atom stereocenters. The fourth-order valence-corrected chi connectivity index (χ4v) is 4.48. The number of hydrogen-bond acceptors (Lipinski definition) is 5. The Hall–Kier alpha value is -2.03. The summed E-state index contributed by atoms with van der Waals surface area (Å²) < 4.78 is 33.1. The van der Waals surface area contributed by atoms with E-state index >= 15 is 0 Å². The molecule has 0 fully saturated rings. The fourth-order valence-electron chi connectivity index (χ4n) is 2.50. The highest BCUT2D eigenvalue weighted by Crippen LogP contribution is 2.32. The van der Waals surface area contributed by atoms with E-state index in [1.165, 1.54) is 17.8 Å². The van der Waals surface area contributed by atoms with Crippen LogP contribution in [0.5, 0.6) is 5.75 Å². The number of hydrogen-bond donors (Lipinski definition) is 2. The predicted octanol–water partition coefficient (Wildman–Crippen LogP) is 3.00. The molecular formula is C18H20N2O4S2. The molecule has 2 aromatic carbocycles. The lowest BCUT2D eigenvalue weighted by Gasteiger charge is -2.11. The van der Waals surface area contributed by atoms with Gasteiger partial charge in [0.25, 0.3) is 0 Å². The zero-order valence-corrected chi connectivity index (χ0v) is 16.0. The molecule has 0 radical (unpaired) electrons. The second-order valence-electron chi connectivity index (χ2n) is 5.71. The Kier molecular flexibility index (Phi) is 5.85. The molecule has 0 saturated carbocycles. The molecule has 2 N–H and O–H groups in total. The number of carbonyl (C=O) groups excluding carboxylic acids is 1. The van der Waals surface area contributed by atoms with Gasteiger partial charge in [0, 0.05) is 23.6 Å². The van der Waals surface area contributed by atoms with Crippen molar-refractivity contribution in [2.45, 2.75) is 29.7 Å². The van der Waals surface area contributed by atoms with Gasteiger partial charge < -0.3 is 10.1 Å². The Morgan fingerprint density at radius 1 is 1.19 bits per heavy atom. The van der Waals surface area contributed by atoms with E-state index in [9.17, 15) is 13.2 Å². The molecule has 0 aliphatic carbocycles. The van der Waals surface area contributed by atoms with Gasteiger partial charge in [0.15, 0.2) is 0 Å². The summed E-state index contributed by atoms with van der Waals surface area (Å²) in [6, 6.07) is 12.1. The lowest BCUT2D eigenvalue weighted by atomic mass is 10.2. The largest absolute Gasteiger partial charge is 0.494 e. The van der Waals surface area contributed by atoms with E-state index in [4.69, 9.17) is 4.74 Å². The van der Waals surface area contributed by atoms with Crippen LogP contribution in [0.25, 0.3) is 0 Å². The number of rotatable bonds is 6. The highest BCUT2D eigenvalue weighted by atomic mass is 32.2. The number of anilines is 1. The molecule has 3 rings (SSSR count). The molecule has 0 spiro atoms. The van der Waals surface area contributed by atoms with E-state index in [1.807, 2.05) is 31.2 Å². The molecule has 138 valence electrons. The molecule has 26 heavy (non-hydrogen) atoms. The molecule has 6 nitrogen and oxygen atoms in total. The van der Waals surface area contributed by atoms with Gasteiger partial charge in [-0.3, -0.25) is 4.79 Å². The van der Waals surface area contributed by atoms with Gasteiger partial charge in [0.2, 0.25) is 15.9 Å². The zero-order chi connectivity index (χ0) is 18.6. The highest BCUT2D eigenvalue weighted by molar-refractivity contribution is 7.99. The molecule has 0 bridgehead atoms. The molecule has 1 heterocycles. The summed E-state index contributed by atoms with van der Waals surface area (Å²) in [6.45, 7) is 2.66. The number of sulfonamides is 1. The molecule has 1 aliphatic rings. The summed E-state index contributed by atoms with van der Waals surface area (Å²) in [4.78, 5) is 12.7. The Labute approximate surface area is 157 Å². The third kappa shape index (κ3) is 4.57. The third-order valence-corrected chi connectivity index (χ3v) is 6.30. The molecular weight excluding hydrogens is 372 g/mol. The maximum absolute atomic E-state index is 12.6. The Morgan fingerprint density at radius 3 is 2.69 bits per heavy atom. The van der Waals surface area contributed by atoms with Crippen LogP contribution in [0.1, 0.15) is 18.9 Å². The second-order valence-corrected chi connectivity index (χ2v) is 8.61. The molecule has 0 aromatic heterocycles. The SMILES string of the molecule is CCOc1ccc(CNS(=O)(=O)c2ccc3c(c2)NC(=O)CCS3)cc1.